The van der Waals surface area contributed by atoms with E-state index >= 15 is 0 Å². The van der Waals surface area contributed by atoms with Gasteiger partial charge in [0.25, 0.3) is 5.69 Å². The van der Waals surface area contributed by atoms with Crippen molar-refractivity contribution in [3.8, 4) is 0 Å². The monoisotopic (exact) mass is 319 g/mol. The zero-order chi connectivity index (χ0) is 16.7. The molecule has 1 aliphatic rings. The Hall–Kier alpha value is -2.95. The lowest BCUT2D eigenvalue weighted by atomic mass is 9.98. The molecule has 1 aliphatic heterocycles. The Labute approximate surface area is 139 Å². The van der Waals surface area contributed by atoms with Crippen LogP contribution in [-0.2, 0) is 13.0 Å². The second-order valence-electron chi connectivity index (χ2n) is 6.15. The molecule has 0 amide bonds. The van der Waals surface area contributed by atoms with Gasteiger partial charge in [0.15, 0.2) is 5.52 Å². The first-order chi connectivity index (χ1) is 11.6. The Bertz CT molecular complexity index is 952. The number of aromatic nitrogens is 1. The zero-order valence-corrected chi connectivity index (χ0v) is 13.4. The van der Waals surface area contributed by atoms with Crippen molar-refractivity contribution in [2.45, 2.75) is 19.9 Å². The Morgan fingerprint density at radius 2 is 1.92 bits per heavy atom. The predicted molar refractivity (Wildman–Crippen MR) is 94.3 cm³/mol. The fraction of sp³-hybridized carbons (Fsp3) is 0.211. The van der Waals surface area contributed by atoms with Crippen LogP contribution in [0.2, 0.25) is 0 Å². The Balaban J connectivity index is 1.86. The minimum atomic E-state index is -0.357. The van der Waals surface area contributed by atoms with Gasteiger partial charge in [-0.25, -0.2) is 4.98 Å². The molecular formula is C19H17N3O2. The van der Waals surface area contributed by atoms with Gasteiger partial charge in [0, 0.05) is 35.9 Å². The molecule has 0 saturated heterocycles. The zero-order valence-electron chi connectivity index (χ0n) is 13.4. The van der Waals surface area contributed by atoms with E-state index in [0.717, 1.165) is 36.3 Å². The van der Waals surface area contributed by atoms with Crippen molar-refractivity contribution in [2.75, 3.05) is 11.4 Å². The van der Waals surface area contributed by atoms with E-state index in [0.29, 0.717) is 5.52 Å². The molecule has 3 aromatic rings. The lowest BCUT2D eigenvalue weighted by Crippen LogP contribution is -2.30. The lowest BCUT2D eigenvalue weighted by Gasteiger charge is -2.31. The SMILES string of the molecule is Cc1cc(N2CCc3ccccc3C2)c2cccc([N+](=O)[O-])c2n1. The van der Waals surface area contributed by atoms with Gasteiger partial charge in [0.2, 0.25) is 0 Å². The van der Waals surface area contributed by atoms with Gasteiger partial charge in [0.1, 0.15) is 0 Å². The van der Waals surface area contributed by atoms with Crippen molar-refractivity contribution in [2.24, 2.45) is 0 Å². The second kappa shape index (κ2) is 5.60. The lowest BCUT2D eigenvalue weighted by molar-refractivity contribution is -0.383. The summed E-state index contributed by atoms with van der Waals surface area (Å²) in [5.74, 6) is 0. The van der Waals surface area contributed by atoms with Crippen LogP contribution >= 0.6 is 0 Å². The van der Waals surface area contributed by atoms with Crippen molar-refractivity contribution in [1.82, 2.24) is 4.98 Å². The van der Waals surface area contributed by atoms with Crippen molar-refractivity contribution in [1.29, 1.82) is 0 Å². The molecule has 120 valence electrons. The minimum Gasteiger partial charge on any atom is -0.366 e. The molecule has 0 unspecified atom stereocenters. The van der Waals surface area contributed by atoms with Gasteiger partial charge in [-0.2, -0.15) is 0 Å². The number of nitrogens with zero attached hydrogens (tertiary/aromatic N) is 3. The van der Waals surface area contributed by atoms with Crippen LogP contribution in [0.25, 0.3) is 10.9 Å². The van der Waals surface area contributed by atoms with Crippen molar-refractivity contribution in [3.05, 3.63) is 75.5 Å². The summed E-state index contributed by atoms with van der Waals surface area (Å²) < 4.78 is 0. The van der Waals surface area contributed by atoms with Gasteiger partial charge in [-0.15, -0.1) is 0 Å². The maximum atomic E-state index is 11.3. The van der Waals surface area contributed by atoms with E-state index in [4.69, 9.17) is 0 Å². The third-order valence-electron chi connectivity index (χ3n) is 4.59. The van der Waals surface area contributed by atoms with Crippen LogP contribution in [-0.4, -0.2) is 16.5 Å². The van der Waals surface area contributed by atoms with Crippen molar-refractivity contribution < 1.29 is 4.92 Å². The summed E-state index contributed by atoms with van der Waals surface area (Å²) in [6, 6.07) is 15.7. The van der Waals surface area contributed by atoms with Crippen molar-refractivity contribution in [3.63, 3.8) is 0 Å². The molecule has 2 heterocycles. The number of aryl methyl sites for hydroxylation is 1. The number of pyridine rings is 1. The molecule has 4 rings (SSSR count). The second-order valence-corrected chi connectivity index (χ2v) is 6.15. The van der Waals surface area contributed by atoms with E-state index < -0.39 is 0 Å². The van der Waals surface area contributed by atoms with E-state index in [2.05, 4.69) is 34.1 Å². The smallest absolute Gasteiger partial charge is 0.295 e. The molecule has 0 aliphatic carbocycles. The highest BCUT2D eigenvalue weighted by Crippen LogP contribution is 2.34. The number of hydrogen-bond donors (Lipinski definition) is 0. The maximum Gasteiger partial charge on any atom is 0.295 e. The Kier molecular flexibility index (Phi) is 3.41. The van der Waals surface area contributed by atoms with Crippen molar-refractivity contribution >= 4 is 22.3 Å². The summed E-state index contributed by atoms with van der Waals surface area (Å²) in [4.78, 5) is 17.7. The van der Waals surface area contributed by atoms with E-state index in [1.807, 2.05) is 19.1 Å². The van der Waals surface area contributed by atoms with E-state index in [9.17, 15) is 10.1 Å². The van der Waals surface area contributed by atoms with Gasteiger partial charge in [0.05, 0.1) is 4.92 Å². The number of nitro benzene ring substituents is 1. The van der Waals surface area contributed by atoms with Gasteiger partial charge >= 0.3 is 0 Å². The highest BCUT2D eigenvalue weighted by molar-refractivity contribution is 5.97. The van der Waals surface area contributed by atoms with Gasteiger partial charge in [-0.1, -0.05) is 36.4 Å². The number of rotatable bonds is 2. The third kappa shape index (κ3) is 2.38. The number of para-hydroxylation sites is 1. The van der Waals surface area contributed by atoms with E-state index in [1.54, 1.807) is 6.07 Å². The molecule has 0 fully saturated rings. The standard InChI is InChI=1S/C19H17N3O2/c1-13-11-18(16-7-4-8-17(22(23)24)19(16)20-13)21-10-9-14-5-2-3-6-15(14)12-21/h2-8,11H,9-10,12H2,1H3. The van der Waals surface area contributed by atoms with Crippen LogP contribution in [0.1, 0.15) is 16.8 Å². The number of benzene rings is 2. The Morgan fingerprint density at radius 1 is 1.12 bits per heavy atom. The van der Waals surface area contributed by atoms with E-state index in [1.165, 1.54) is 17.2 Å². The summed E-state index contributed by atoms with van der Waals surface area (Å²) >= 11 is 0. The largest absolute Gasteiger partial charge is 0.366 e. The highest BCUT2D eigenvalue weighted by atomic mass is 16.6. The van der Waals surface area contributed by atoms with Crippen LogP contribution in [0, 0.1) is 17.0 Å². The summed E-state index contributed by atoms with van der Waals surface area (Å²) in [6.07, 6.45) is 0.980. The molecule has 5 heteroatoms. The molecule has 5 nitrogen and oxygen atoms in total. The van der Waals surface area contributed by atoms with Crippen LogP contribution in [0.4, 0.5) is 11.4 Å². The molecule has 1 aromatic heterocycles. The summed E-state index contributed by atoms with van der Waals surface area (Å²) in [6.45, 7) is 3.60. The van der Waals surface area contributed by atoms with Crippen LogP contribution in [0.3, 0.4) is 0 Å². The highest BCUT2D eigenvalue weighted by Gasteiger charge is 2.21. The average Bonchev–Trinajstić information content (AvgIpc) is 2.60. The molecule has 0 bridgehead atoms. The normalized spacial score (nSPS) is 13.8. The molecule has 0 saturated carbocycles. The molecule has 0 radical (unpaired) electrons. The first-order valence-corrected chi connectivity index (χ1v) is 8.00. The van der Waals surface area contributed by atoms with Crippen LogP contribution < -0.4 is 4.90 Å². The first kappa shape index (κ1) is 14.6. The predicted octanol–water partition coefficient (Wildman–Crippen LogP) is 4.01. The molecule has 2 aromatic carbocycles. The number of fused-ring (bicyclic) bond motifs is 2. The third-order valence-corrected chi connectivity index (χ3v) is 4.59. The maximum absolute atomic E-state index is 11.3. The van der Waals surface area contributed by atoms with Gasteiger partial charge in [-0.05, 0) is 30.5 Å². The average molecular weight is 319 g/mol. The fourth-order valence-electron chi connectivity index (χ4n) is 3.45. The van der Waals surface area contributed by atoms with Crippen LogP contribution in [0.15, 0.2) is 48.5 Å². The molecule has 24 heavy (non-hydrogen) atoms. The van der Waals surface area contributed by atoms with Gasteiger partial charge in [-0.3, -0.25) is 10.1 Å². The quantitative estimate of drug-likeness (QED) is 0.529. The van der Waals surface area contributed by atoms with E-state index in [-0.39, 0.29) is 10.6 Å². The number of non-ortho nitro benzene ring substituents is 1. The summed E-state index contributed by atoms with van der Waals surface area (Å²) in [5.41, 5.74) is 5.05. The van der Waals surface area contributed by atoms with Crippen LogP contribution in [0.5, 0.6) is 0 Å². The number of hydrogen-bond acceptors (Lipinski definition) is 4. The fourth-order valence-corrected chi connectivity index (χ4v) is 3.45. The topological polar surface area (TPSA) is 59.3 Å². The molecule has 0 atom stereocenters. The van der Waals surface area contributed by atoms with Gasteiger partial charge < -0.3 is 4.90 Å². The number of anilines is 1. The molecule has 0 spiro atoms. The minimum absolute atomic E-state index is 0.0647. The summed E-state index contributed by atoms with van der Waals surface area (Å²) in [5, 5.41) is 12.2. The summed E-state index contributed by atoms with van der Waals surface area (Å²) in [7, 11) is 0. The Morgan fingerprint density at radius 3 is 2.71 bits per heavy atom. The molecule has 0 N–H and O–H groups in total. The molecular weight excluding hydrogens is 302 g/mol. The number of nitro groups is 1. The first-order valence-electron chi connectivity index (χ1n) is 8.00.